The molecule has 0 radical (unpaired) electrons. The highest BCUT2D eigenvalue weighted by molar-refractivity contribution is 7.99. The molecule has 0 saturated carbocycles. The number of benzene rings is 1. The minimum atomic E-state index is -0.160. The first-order valence-corrected chi connectivity index (χ1v) is 7.61. The van der Waals surface area contributed by atoms with Gasteiger partial charge in [-0.05, 0) is 25.1 Å². The van der Waals surface area contributed by atoms with Gasteiger partial charge in [-0.2, -0.15) is 0 Å². The van der Waals surface area contributed by atoms with Gasteiger partial charge in [-0.25, -0.2) is 4.98 Å². The fourth-order valence-electron chi connectivity index (χ4n) is 2.25. The quantitative estimate of drug-likeness (QED) is 0.806. The second-order valence-electron chi connectivity index (χ2n) is 4.56. The fraction of sp³-hybridized carbons (Fsp3) is 0.286. The van der Waals surface area contributed by atoms with Gasteiger partial charge < -0.3 is 9.32 Å². The van der Waals surface area contributed by atoms with E-state index in [0.29, 0.717) is 28.9 Å². The summed E-state index contributed by atoms with van der Waals surface area (Å²) >= 11 is 7.77. The maximum atomic E-state index is 12.6. The molecule has 0 spiro atoms. The number of carbonyl (C=O) groups excluding carboxylic acids is 1. The highest BCUT2D eigenvalue weighted by Gasteiger charge is 2.28. The molecule has 0 unspecified atom stereocenters. The van der Waals surface area contributed by atoms with Crippen molar-refractivity contribution in [1.82, 2.24) is 4.98 Å². The summed E-state index contributed by atoms with van der Waals surface area (Å²) in [5.74, 6) is 1.50. The van der Waals surface area contributed by atoms with Crippen molar-refractivity contribution in [3.63, 3.8) is 0 Å². The first kappa shape index (κ1) is 13.5. The van der Waals surface area contributed by atoms with Crippen LogP contribution in [0.5, 0.6) is 0 Å². The summed E-state index contributed by atoms with van der Waals surface area (Å²) < 4.78 is 5.43. The Morgan fingerprint density at radius 1 is 1.45 bits per heavy atom. The van der Waals surface area contributed by atoms with E-state index in [1.165, 1.54) is 0 Å². The summed E-state index contributed by atoms with van der Waals surface area (Å²) in [4.78, 5) is 19.6. The van der Waals surface area contributed by atoms with Crippen LogP contribution in [0, 0.1) is 13.8 Å². The molecule has 0 bridgehead atoms. The molecule has 1 amide bonds. The average molecular weight is 309 g/mol. The Balaban J connectivity index is 2.02. The number of amides is 1. The SMILES string of the molecule is Cc1nc(C)c(C(=O)N2CCSc3ccc(Cl)cc32)o1. The standard InChI is InChI=1S/C14H13ClN2O2S/c1-8-13(19-9(2)16-8)14(18)17-5-6-20-12-4-3-10(15)7-11(12)17/h3-4,7H,5-6H2,1-2H3. The Hall–Kier alpha value is -1.46. The molecule has 1 aromatic heterocycles. The van der Waals surface area contributed by atoms with Gasteiger partial charge in [-0.1, -0.05) is 11.6 Å². The zero-order chi connectivity index (χ0) is 14.3. The maximum absolute atomic E-state index is 12.6. The number of hydrogen-bond acceptors (Lipinski definition) is 4. The third-order valence-corrected chi connectivity index (χ3v) is 4.41. The molecular formula is C14H13ClN2O2S. The van der Waals surface area contributed by atoms with Gasteiger partial charge in [-0.15, -0.1) is 11.8 Å². The van der Waals surface area contributed by atoms with E-state index in [9.17, 15) is 4.79 Å². The molecule has 2 heterocycles. The van der Waals surface area contributed by atoms with Gasteiger partial charge in [0, 0.05) is 29.1 Å². The third kappa shape index (κ3) is 2.31. The summed E-state index contributed by atoms with van der Waals surface area (Å²) in [5, 5.41) is 0.620. The molecule has 1 aliphatic heterocycles. The van der Waals surface area contributed by atoms with Gasteiger partial charge in [0.25, 0.3) is 5.91 Å². The van der Waals surface area contributed by atoms with E-state index in [2.05, 4.69) is 4.98 Å². The van der Waals surface area contributed by atoms with E-state index in [1.54, 1.807) is 30.5 Å². The molecule has 1 aliphatic rings. The van der Waals surface area contributed by atoms with Crippen LogP contribution in [0.3, 0.4) is 0 Å². The molecule has 20 heavy (non-hydrogen) atoms. The topological polar surface area (TPSA) is 46.3 Å². The van der Waals surface area contributed by atoms with Crippen molar-refractivity contribution in [3.8, 4) is 0 Å². The van der Waals surface area contributed by atoms with E-state index in [0.717, 1.165) is 16.3 Å². The number of anilines is 1. The van der Waals surface area contributed by atoms with Crippen LogP contribution in [0.15, 0.2) is 27.5 Å². The number of nitrogens with zero attached hydrogens (tertiary/aromatic N) is 2. The molecule has 2 aromatic rings. The molecule has 1 aromatic carbocycles. The second kappa shape index (κ2) is 5.14. The van der Waals surface area contributed by atoms with Crippen LogP contribution in [0.2, 0.25) is 5.02 Å². The minimum Gasteiger partial charge on any atom is -0.436 e. The number of aryl methyl sites for hydroxylation is 2. The predicted molar refractivity (Wildman–Crippen MR) is 79.8 cm³/mol. The molecule has 0 atom stereocenters. The number of rotatable bonds is 1. The van der Waals surface area contributed by atoms with Gasteiger partial charge in [0.2, 0.25) is 5.76 Å². The highest BCUT2D eigenvalue weighted by Crippen LogP contribution is 2.37. The first-order chi connectivity index (χ1) is 9.56. The Morgan fingerprint density at radius 3 is 2.95 bits per heavy atom. The van der Waals surface area contributed by atoms with Gasteiger partial charge in [0.1, 0.15) is 0 Å². The smallest absolute Gasteiger partial charge is 0.296 e. The van der Waals surface area contributed by atoms with Gasteiger partial charge in [-0.3, -0.25) is 4.79 Å². The minimum absolute atomic E-state index is 0.160. The molecular weight excluding hydrogens is 296 g/mol. The van der Waals surface area contributed by atoms with Crippen LogP contribution in [-0.2, 0) is 0 Å². The first-order valence-electron chi connectivity index (χ1n) is 6.24. The number of oxazole rings is 1. The van der Waals surface area contributed by atoms with E-state index < -0.39 is 0 Å². The lowest BCUT2D eigenvalue weighted by Gasteiger charge is -2.28. The third-order valence-electron chi connectivity index (χ3n) is 3.13. The number of carbonyl (C=O) groups is 1. The molecule has 104 valence electrons. The largest absolute Gasteiger partial charge is 0.436 e. The lowest BCUT2D eigenvalue weighted by Crippen LogP contribution is -2.35. The average Bonchev–Trinajstić information content (AvgIpc) is 2.76. The lowest BCUT2D eigenvalue weighted by atomic mass is 10.2. The zero-order valence-corrected chi connectivity index (χ0v) is 12.7. The van der Waals surface area contributed by atoms with Crippen LogP contribution in [0.4, 0.5) is 5.69 Å². The molecule has 0 saturated heterocycles. The highest BCUT2D eigenvalue weighted by atomic mass is 35.5. The molecule has 0 aliphatic carbocycles. The van der Waals surface area contributed by atoms with Crippen LogP contribution in [-0.4, -0.2) is 23.2 Å². The van der Waals surface area contributed by atoms with Crippen LogP contribution >= 0.6 is 23.4 Å². The van der Waals surface area contributed by atoms with Crippen molar-refractivity contribution in [3.05, 3.63) is 40.6 Å². The van der Waals surface area contributed by atoms with E-state index in [1.807, 2.05) is 18.2 Å². The van der Waals surface area contributed by atoms with Gasteiger partial charge in [0.15, 0.2) is 5.89 Å². The summed E-state index contributed by atoms with van der Waals surface area (Å²) in [5.41, 5.74) is 1.46. The van der Waals surface area contributed by atoms with E-state index in [-0.39, 0.29) is 5.91 Å². The van der Waals surface area contributed by atoms with Crippen LogP contribution in [0.25, 0.3) is 0 Å². The van der Waals surface area contributed by atoms with E-state index >= 15 is 0 Å². The molecule has 4 nitrogen and oxygen atoms in total. The fourth-order valence-corrected chi connectivity index (χ4v) is 3.40. The van der Waals surface area contributed by atoms with E-state index in [4.69, 9.17) is 16.0 Å². The number of thioether (sulfide) groups is 1. The van der Waals surface area contributed by atoms with Crippen molar-refractivity contribution in [2.45, 2.75) is 18.7 Å². The Bertz CT molecular complexity index is 684. The van der Waals surface area contributed by atoms with Gasteiger partial charge in [0.05, 0.1) is 11.4 Å². The molecule has 0 fully saturated rings. The molecule has 0 N–H and O–H groups in total. The van der Waals surface area contributed by atoms with Crippen molar-refractivity contribution >= 4 is 35.0 Å². The Labute approximate surface area is 126 Å². The summed E-state index contributed by atoms with van der Waals surface area (Å²) in [6.07, 6.45) is 0. The summed E-state index contributed by atoms with van der Waals surface area (Å²) in [6, 6.07) is 5.60. The lowest BCUT2D eigenvalue weighted by molar-refractivity contribution is 0.0959. The predicted octanol–water partition coefficient (Wildman–Crippen LogP) is 3.70. The Morgan fingerprint density at radius 2 is 2.25 bits per heavy atom. The summed E-state index contributed by atoms with van der Waals surface area (Å²) in [6.45, 7) is 4.15. The van der Waals surface area contributed by atoms with Crippen LogP contribution in [0.1, 0.15) is 22.1 Å². The monoisotopic (exact) mass is 308 g/mol. The maximum Gasteiger partial charge on any atom is 0.296 e. The van der Waals surface area contributed by atoms with Crippen molar-refractivity contribution in [1.29, 1.82) is 0 Å². The normalized spacial score (nSPS) is 14.2. The molecule has 6 heteroatoms. The van der Waals surface area contributed by atoms with Gasteiger partial charge >= 0.3 is 0 Å². The van der Waals surface area contributed by atoms with Crippen molar-refractivity contribution in [2.24, 2.45) is 0 Å². The number of aromatic nitrogens is 1. The van der Waals surface area contributed by atoms with Crippen LogP contribution < -0.4 is 4.90 Å². The number of halogens is 1. The van der Waals surface area contributed by atoms with Crippen molar-refractivity contribution < 1.29 is 9.21 Å². The second-order valence-corrected chi connectivity index (χ2v) is 6.14. The summed E-state index contributed by atoms with van der Waals surface area (Å²) in [7, 11) is 0. The number of fused-ring (bicyclic) bond motifs is 1. The zero-order valence-electron chi connectivity index (χ0n) is 11.1. The molecule has 3 rings (SSSR count). The Kier molecular flexibility index (Phi) is 3.48. The number of hydrogen-bond donors (Lipinski definition) is 0. The van der Waals surface area contributed by atoms with Crippen molar-refractivity contribution in [2.75, 3.05) is 17.2 Å².